The van der Waals surface area contributed by atoms with Crippen LogP contribution in [0.3, 0.4) is 0 Å². The number of nitrogens with one attached hydrogen (secondary N) is 1. The Labute approximate surface area is 164 Å². The standard InChI is InChI=1S/C23H23ClN2O/c24-18-7-5-17(6-8-18)23(11-12-23)22(27)26-13-9-16(10-14-26)20-15-25-21-4-2-1-3-19(20)21/h1-8,15-16,25H,9-14H2. The molecule has 2 fully saturated rings. The summed E-state index contributed by atoms with van der Waals surface area (Å²) >= 11 is 6.02. The number of H-pyrrole nitrogens is 1. The first kappa shape index (κ1) is 16.9. The van der Waals surface area contributed by atoms with Crippen molar-refractivity contribution in [3.8, 4) is 0 Å². The summed E-state index contributed by atoms with van der Waals surface area (Å²) in [7, 11) is 0. The molecule has 3 nitrogen and oxygen atoms in total. The van der Waals surface area contributed by atoms with E-state index in [4.69, 9.17) is 11.6 Å². The minimum absolute atomic E-state index is 0.293. The van der Waals surface area contributed by atoms with E-state index in [1.807, 2.05) is 24.3 Å². The van der Waals surface area contributed by atoms with E-state index in [2.05, 4.69) is 40.3 Å². The van der Waals surface area contributed by atoms with Crippen LogP contribution < -0.4 is 0 Å². The van der Waals surface area contributed by atoms with Gasteiger partial charge < -0.3 is 9.88 Å². The van der Waals surface area contributed by atoms with Crippen molar-refractivity contribution in [2.45, 2.75) is 37.0 Å². The molecule has 0 spiro atoms. The van der Waals surface area contributed by atoms with Crippen molar-refractivity contribution in [1.29, 1.82) is 0 Å². The summed E-state index contributed by atoms with van der Waals surface area (Å²) in [4.78, 5) is 18.7. The summed E-state index contributed by atoms with van der Waals surface area (Å²) in [6, 6.07) is 16.3. The molecule has 1 amide bonds. The van der Waals surface area contributed by atoms with E-state index in [0.29, 0.717) is 11.8 Å². The number of carbonyl (C=O) groups excluding carboxylic acids is 1. The smallest absolute Gasteiger partial charge is 0.233 e. The summed E-state index contributed by atoms with van der Waals surface area (Å²) < 4.78 is 0. The zero-order chi connectivity index (χ0) is 18.4. The minimum atomic E-state index is -0.293. The number of piperidine rings is 1. The first-order valence-corrected chi connectivity index (χ1v) is 10.2. The lowest BCUT2D eigenvalue weighted by Gasteiger charge is -2.34. The number of likely N-dealkylation sites (tertiary alicyclic amines) is 1. The third-order valence-corrected chi connectivity index (χ3v) is 6.65. The normalized spacial score (nSPS) is 19.4. The van der Waals surface area contributed by atoms with Gasteiger partial charge in [0.1, 0.15) is 0 Å². The van der Waals surface area contributed by atoms with Crippen molar-refractivity contribution in [1.82, 2.24) is 9.88 Å². The van der Waals surface area contributed by atoms with Gasteiger partial charge in [-0.05, 0) is 60.9 Å². The highest BCUT2D eigenvalue weighted by Gasteiger charge is 2.53. The van der Waals surface area contributed by atoms with E-state index in [1.165, 1.54) is 16.5 Å². The van der Waals surface area contributed by atoms with Crippen LogP contribution >= 0.6 is 11.6 Å². The highest BCUT2D eigenvalue weighted by atomic mass is 35.5. The molecular formula is C23H23ClN2O. The van der Waals surface area contributed by atoms with Crippen LogP contribution in [-0.2, 0) is 10.2 Å². The predicted octanol–water partition coefficient (Wildman–Crippen LogP) is 5.26. The molecule has 2 heterocycles. The Bertz CT molecular complexity index is 979. The number of hydrogen-bond acceptors (Lipinski definition) is 1. The molecule has 1 aromatic heterocycles. The summed E-state index contributed by atoms with van der Waals surface area (Å²) in [6.45, 7) is 1.69. The van der Waals surface area contributed by atoms with Gasteiger partial charge in [0, 0.05) is 35.2 Å². The third-order valence-electron chi connectivity index (χ3n) is 6.40. The second kappa shape index (κ2) is 6.42. The van der Waals surface area contributed by atoms with Crippen LogP contribution in [0.4, 0.5) is 0 Å². The van der Waals surface area contributed by atoms with Crippen molar-refractivity contribution in [2.75, 3.05) is 13.1 Å². The fourth-order valence-electron chi connectivity index (χ4n) is 4.65. The van der Waals surface area contributed by atoms with Gasteiger partial charge in [0.15, 0.2) is 0 Å². The van der Waals surface area contributed by atoms with Crippen molar-refractivity contribution < 1.29 is 4.79 Å². The molecule has 27 heavy (non-hydrogen) atoms. The Hall–Kier alpha value is -2.26. The molecule has 1 saturated carbocycles. The Morgan fingerprint density at radius 2 is 1.74 bits per heavy atom. The monoisotopic (exact) mass is 378 g/mol. The molecule has 0 radical (unpaired) electrons. The Kier molecular flexibility index (Phi) is 4.01. The summed E-state index contributed by atoms with van der Waals surface area (Å²) in [5, 5.41) is 2.05. The highest BCUT2D eigenvalue weighted by molar-refractivity contribution is 6.30. The van der Waals surface area contributed by atoms with Crippen molar-refractivity contribution in [3.05, 3.63) is 70.9 Å². The lowest BCUT2D eigenvalue weighted by atomic mass is 9.87. The molecule has 1 aliphatic carbocycles. The molecule has 3 aromatic rings. The first-order chi connectivity index (χ1) is 13.2. The molecule has 0 atom stereocenters. The Balaban J connectivity index is 1.30. The molecule has 0 unspecified atom stereocenters. The number of carbonyl (C=O) groups is 1. The molecule has 4 heteroatoms. The predicted molar refractivity (Wildman–Crippen MR) is 109 cm³/mol. The average molecular weight is 379 g/mol. The maximum Gasteiger partial charge on any atom is 0.233 e. The number of hydrogen-bond donors (Lipinski definition) is 1. The van der Waals surface area contributed by atoms with E-state index in [-0.39, 0.29) is 5.41 Å². The number of amides is 1. The topological polar surface area (TPSA) is 36.1 Å². The highest BCUT2D eigenvalue weighted by Crippen LogP contribution is 2.50. The third kappa shape index (κ3) is 2.85. The van der Waals surface area contributed by atoms with E-state index in [1.54, 1.807) is 0 Å². The number of halogens is 1. The molecule has 0 bridgehead atoms. The number of benzene rings is 2. The van der Waals surface area contributed by atoms with Gasteiger partial charge in [0.05, 0.1) is 5.41 Å². The second-order valence-corrected chi connectivity index (χ2v) is 8.38. The number of aromatic nitrogens is 1. The SMILES string of the molecule is O=C(N1CCC(c2c[nH]c3ccccc23)CC1)C1(c2ccc(Cl)cc2)CC1. The molecular weight excluding hydrogens is 356 g/mol. The molecule has 2 aliphatic rings. The molecule has 2 aromatic carbocycles. The minimum Gasteiger partial charge on any atom is -0.361 e. The van der Waals surface area contributed by atoms with Gasteiger partial charge in [-0.2, -0.15) is 0 Å². The number of nitrogens with zero attached hydrogens (tertiary/aromatic N) is 1. The first-order valence-electron chi connectivity index (χ1n) is 9.79. The largest absolute Gasteiger partial charge is 0.361 e. The van der Waals surface area contributed by atoms with Gasteiger partial charge in [-0.1, -0.05) is 41.9 Å². The Morgan fingerprint density at radius 3 is 2.44 bits per heavy atom. The van der Waals surface area contributed by atoms with Crippen LogP contribution in [0.2, 0.25) is 5.02 Å². The number of para-hydroxylation sites is 1. The lowest BCUT2D eigenvalue weighted by molar-refractivity contribution is -0.135. The maximum absolute atomic E-state index is 13.3. The van der Waals surface area contributed by atoms with Crippen molar-refractivity contribution in [2.24, 2.45) is 0 Å². The van der Waals surface area contributed by atoms with Crippen LogP contribution in [0, 0.1) is 0 Å². The van der Waals surface area contributed by atoms with Gasteiger partial charge >= 0.3 is 0 Å². The van der Waals surface area contributed by atoms with Crippen molar-refractivity contribution in [3.63, 3.8) is 0 Å². The molecule has 1 N–H and O–H groups in total. The van der Waals surface area contributed by atoms with Crippen LogP contribution in [0.15, 0.2) is 54.7 Å². The molecule has 5 rings (SSSR count). The molecule has 1 saturated heterocycles. The van der Waals surface area contributed by atoms with Gasteiger partial charge in [0.2, 0.25) is 5.91 Å². The van der Waals surface area contributed by atoms with Crippen LogP contribution in [0.1, 0.15) is 42.7 Å². The van der Waals surface area contributed by atoms with E-state index < -0.39 is 0 Å². The van der Waals surface area contributed by atoms with E-state index >= 15 is 0 Å². The second-order valence-electron chi connectivity index (χ2n) is 7.95. The van der Waals surface area contributed by atoms with Gasteiger partial charge in [0.25, 0.3) is 0 Å². The van der Waals surface area contributed by atoms with Gasteiger partial charge in [-0.3, -0.25) is 4.79 Å². The van der Waals surface area contributed by atoms with Gasteiger partial charge in [-0.25, -0.2) is 0 Å². The quantitative estimate of drug-likeness (QED) is 0.663. The van der Waals surface area contributed by atoms with Crippen LogP contribution in [-0.4, -0.2) is 28.9 Å². The molecule has 1 aliphatic heterocycles. The van der Waals surface area contributed by atoms with Crippen molar-refractivity contribution >= 4 is 28.4 Å². The number of rotatable bonds is 3. The van der Waals surface area contributed by atoms with Crippen LogP contribution in [0.25, 0.3) is 10.9 Å². The number of fused-ring (bicyclic) bond motifs is 1. The van der Waals surface area contributed by atoms with E-state index in [0.717, 1.165) is 49.4 Å². The van der Waals surface area contributed by atoms with E-state index in [9.17, 15) is 4.79 Å². The summed E-state index contributed by atoms with van der Waals surface area (Å²) in [5.74, 6) is 0.832. The Morgan fingerprint density at radius 1 is 1.04 bits per heavy atom. The van der Waals surface area contributed by atoms with Crippen LogP contribution in [0.5, 0.6) is 0 Å². The fraction of sp³-hybridized carbons (Fsp3) is 0.348. The fourth-order valence-corrected chi connectivity index (χ4v) is 4.77. The lowest BCUT2D eigenvalue weighted by Crippen LogP contribution is -2.43. The zero-order valence-electron chi connectivity index (χ0n) is 15.2. The zero-order valence-corrected chi connectivity index (χ0v) is 16.0. The number of aromatic amines is 1. The summed E-state index contributed by atoms with van der Waals surface area (Å²) in [5.41, 5.74) is 3.43. The summed E-state index contributed by atoms with van der Waals surface area (Å²) in [6.07, 6.45) is 6.13. The van der Waals surface area contributed by atoms with Gasteiger partial charge in [-0.15, -0.1) is 0 Å². The average Bonchev–Trinajstić information content (AvgIpc) is 3.41. The molecule has 138 valence electrons. The maximum atomic E-state index is 13.3.